The van der Waals surface area contributed by atoms with Crippen molar-refractivity contribution in [1.82, 2.24) is 5.32 Å². The van der Waals surface area contributed by atoms with Gasteiger partial charge in [-0.3, -0.25) is 0 Å². The summed E-state index contributed by atoms with van der Waals surface area (Å²) in [7, 11) is 0. The van der Waals surface area contributed by atoms with E-state index in [1.54, 1.807) is 0 Å². The molecule has 16 heavy (non-hydrogen) atoms. The Balaban J connectivity index is 2.08. The molecule has 96 valence electrons. The molecule has 1 saturated carbocycles. The van der Waals surface area contributed by atoms with E-state index in [1.807, 2.05) is 0 Å². The van der Waals surface area contributed by atoms with Crippen LogP contribution in [0.5, 0.6) is 0 Å². The van der Waals surface area contributed by atoms with Crippen LogP contribution in [0, 0.1) is 11.3 Å². The van der Waals surface area contributed by atoms with E-state index in [1.165, 1.54) is 25.7 Å². The second-order valence-corrected chi connectivity index (χ2v) is 6.76. The lowest BCUT2D eigenvalue weighted by atomic mass is 9.81. The van der Waals surface area contributed by atoms with Gasteiger partial charge in [-0.05, 0) is 31.1 Å². The average molecular weight is 227 g/mol. The fourth-order valence-corrected chi connectivity index (χ4v) is 2.43. The van der Waals surface area contributed by atoms with E-state index in [9.17, 15) is 5.11 Å². The van der Waals surface area contributed by atoms with Crippen molar-refractivity contribution in [2.24, 2.45) is 11.3 Å². The first kappa shape index (κ1) is 14.0. The molecule has 2 atom stereocenters. The van der Waals surface area contributed by atoms with Crippen molar-refractivity contribution >= 4 is 0 Å². The van der Waals surface area contributed by atoms with Crippen LogP contribution in [0.4, 0.5) is 0 Å². The molecule has 0 aromatic rings. The molecule has 1 aliphatic rings. The molecule has 1 aliphatic carbocycles. The molecule has 2 heteroatoms. The Morgan fingerprint density at radius 3 is 2.38 bits per heavy atom. The minimum atomic E-state index is -0.205. The second-order valence-electron chi connectivity index (χ2n) is 6.76. The van der Waals surface area contributed by atoms with Gasteiger partial charge in [0, 0.05) is 12.6 Å². The monoisotopic (exact) mass is 227 g/mol. The Bertz CT molecular complexity index is 193. The highest BCUT2D eigenvalue weighted by Crippen LogP contribution is 2.30. The number of nitrogens with one attached hydrogen (secondary N) is 1. The molecule has 0 heterocycles. The fourth-order valence-electron chi connectivity index (χ4n) is 2.43. The zero-order valence-electron chi connectivity index (χ0n) is 11.4. The SMILES string of the molecule is CC(CC1CCC1)NCC(O)CC(C)(C)C. The quantitative estimate of drug-likeness (QED) is 0.731. The maximum absolute atomic E-state index is 9.88. The van der Waals surface area contributed by atoms with E-state index < -0.39 is 0 Å². The number of hydrogen-bond donors (Lipinski definition) is 2. The Labute approximate surface area is 101 Å². The molecule has 0 radical (unpaired) electrons. The van der Waals surface area contributed by atoms with E-state index in [0.29, 0.717) is 6.04 Å². The predicted molar refractivity (Wildman–Crippen MR) is 69.5 cm³/mol. The molecule has 0 spiro atoms. The van der Waals surface area contributed by atoms with Gasteiger partial charge >= 0.3 is 0 Å². The van der Waals surface area contributed by atoms with Gasteiger partial charge < -0.3 is 10.4 Å². The number of aliphatic hydroxyl groups is 1. The van der Waals surface area contributed by atoms with E-state index >= 15 is 0 Å². The van der Waals surface area contributed by atoms with Crippen LogP contribution in [0.15, 0.2) is 0 Å². The molecule has 0 amide bonds. The number of hydrogen-bond acceptors (Lipinski definition) is 2. The maximum Gasteiger partial charge on any atom is 0.0669 e. The lowest BCUT2D eigenvalue weighted by Crippen LogP contribution is -2.37. The zero-order valence-corrected chi connectivity index (χ0v) is 11.4. The molecule has 2 nitrogen and oxygen atoms in total. The summed E-state index contributed by atoms with van der Waals surface area (Å²) in [6.45, 7) is 9.50. The van der Waals surface area contributed by atoms with Gasteiger partial charge in [0.05, 0.1) is 6.10 Å². The molecule has 1 rings (SSSR count). The molecule has 0 aromatic carbocycles. The predicted octanol–water partition coefficient (Wildman–Crippen LogP) is 2.95. The van der Waals surface area contributed by atoms with Crippen LogP contribution in [0.1, 0.15) is 59.8 Å². The van der Waals surface area contributed by atoms with Gasteiger partial charge in [0.1, 0.15) is 0 Å². The summed E-state index contributed by atoms with van der Waals surface area (Å²) in [5, 5.41) is 13.3. The normalized spacial score (nSPS) is 21.6. The highest BCUT2D eigenvalue weighted by molar-refractivity contribution is 4.76. The lowest BCUT2D eigenvalue weighted by Gasteiger charge is -2.29. The molecule has 0 saturated heterocycles. The highest BCUT2D eigenvalue weighted by atomic mass is 16.3. The van der Waals surface area contributed by atoms with Gasteiger partial charge in [-0.2, -0.15) is 0 Å². The van der Waals surface area contributed by atoms with Crippen molar-refractivity contribution in [3.63, 3.8) is 0 Å². The van der Waals surface area contributed by atoms with Crippen molar-refractivity contribution in [1.29, 1.82) is 0 Å². The summed E-state index contributed by atoms with van der Waals surface area (Å²) in [6, 6.07) is 0.555. The summed E-state index contributed by atoms with van der Waals surface area (Å²) in [6.07, 6.45) is 6.19. The topological polar surface area (TPSA) is 32.3 Å². The zero-order chi connectivity index (χ0) is 12.2. The van der Waals surface area contributed by atoms with Gasteiger partial charge in [0.25, 0.3) is 0 Å². The Hall–Kier alpha value is -0.0800. The minimum Gasteiger partial charge on any atom is -0.392 e. The van der Waals surface area contributed by atoms with Gasteiger partial charge in [-0.15, -0.1) is 0 Å². The van der Waals surface area contributed by atoms with Gasteiger partial charge in [-0.1, -0.05) is 40.0 Å². The molecule has 0 aromatic heterocycles. The molecule has 0 bridgehead atoms. The Morgan fingerprint density at radius 2 is 1.94 bits per heavy atom. The Kier molecular flexibility index (Phi) is 5.26. The van der Waals surface area contributed by atoms with Crippen LogP contribution >= 0.6 is 0 Å². The smallest absolute Gasteiger partial charge is 0.0669 e. The first-order chi connectivity index (χ1) is 7.37. The van der Waals surface area contributed by atoms with Crippen LogP contribution in [0.25, 0.3) is 0 Å². The van der Waals surface area contributed by atoms with Crippen LogP contribution in [0.3, 0.4) is 0 Å². The third kappa shape index (κ3) is 5.86. The standard InChI is InChI=1S/C14H29NO/c1-11(8-12-6-5-7-12)15-10-13(16)9-14(2,3)4/h11-13,15-16H,5-10H2,1-4H3. The molecule has 0 aliphatic heterocycles. The Morgan fingerprint density at radius 1 is 1.31 bits per heavy atom. The first-order valence-electron chi connectivity index (χ1n) is 6.78. The maximum atomic E-state index is 9.88. The van der Waals surface area contributed by atoms with Crippen molar-refractivity contribution < 1.29 is 5.11 Å². The van der Waals surface area contributed by atoms with E-state index in [4.69, 9.17) is 0 Å². The number of rotatable bonds is 6. The largest absolute Gasteiger partial charge is 0.392 e. The highest BCUT2D eigenvalue weighted by Gasteiger charge is 2.21. The first-order valence-corrected chi connectivity index (χ1v) is 6.78. The summed E-state index contributed by atoms with van der Waals surface area (Å²) >= 11 is 0. The minimum absolute atomic E-state index is 0.205. The third-order valence-corrected chi connectivity index (χ3v) is 3.46. The van der Waals surface area contributed by atoms with E-state index in [-0.39, 0.29) is 11.5 Å². The summed E-state index contributed by atoms with van der Waals surface area (Å²) in [5.41, 5.74) is 0.221. The average Bonchev–Trinajstić information content (AvgIpc) is 2.05. The van der Waals surface area contributed by atoms with Crippen LogP contribution in [-0.2, 0) is 0 Å². The van der Waals surface area contributed by atoms with Crippen LogP contribution < -0.4 is 5.32 Å². The number of aliphatic hydroxyl groups excluding tert-OH is 1. The van der Waals surface area contributed by atoms with Gasteiger partial charge in [0.15, 0.2) is 0 Å². The molecular formula is C14H29NO. The van der Waals surface area contributed by atoms with E-state index in [0.717, 1.165) is 18.9 Å². The van der Waals surface area contributed by atoms with Crippen molar-refractivity contribution in [2.75, 3.05) is 6.54 Å². The molecular weight excluding hydrogens is 198 g/mol. The van der Waals surface area contributed by atoms with Crippen LogP contribution in [0.2, 0.25) is 0 Å². The van der Waals surface area contributed by atoms with Crippen molar-refractivity contribution in [3.8, 4) is 0 Å². The molecule has 2 unspecified atom stereocenters. The van der Waals surface area contributed by atoms with Gasteiger partial charge in [-0.25, -0.2) is 0 Å². The van der Waals surface area contributed by atoms with Crippen molar-refractivity contribution in [3.05, 3.63) is 0 Å². The van der Waals surface area contributed by atoms with Crippen LogP contribution in [-0.4, -0.2) is 23.8 Å². The lowest BCUT2D eigenvalue weighted by molar-refractivity contribution is 0.114. The summed E-state index contributed by atoms with van der Waals surface area (Å²) < 4.78 is 0. The molecule has 1 fully saturated rings. The van der Waals surface area contributed by atoms with E-state index in [2.05, 4.69) is 33.0 Å². The second kappa shape index (κ2) is 6.02. The van der Waals surface area contributed by atoms with Crippen molar-refractivity contribution in [2.45, 2.75) is 71.9 Å². The van der Waals surface area contributed by atoms with Gasteiger partial charge in [0.2, 0.25) is 0 Å². The fraction of sp³-hybridized carbons (Fsp3) is 1.00. The summed E-state index contributed by atoms with van der Waals surface area (Å²) in [5.74, 6) is 0.947. The molecule has 2 N–H and O–H groups in total. The third-order valence-electron chi connectivity index (χ3n) is 3.46. The summed E-state index contributed by atoms with van der Waals surface area (Å²) in [4.78, 5) is 0.